The molecular weight excluding hydrogens is 298 g/mol. The van der Waals surface area contributed by atoms with Crippen molar-refractivity contribution in [1.29, 1.82) is 0 Å². The molecule has 4 nitrogen and oxygen atoms in total. The number of hydrogen-bond acceptors (Lipinski definition) is 4. The molecule has 3 aromatic rings. The molecule has 0 fully saturated rings. The summed E-state index contributed by atoms with van der Waals surface area (Å²) in [4.78, 5) is 8.99. The maximum Gasteiger partial charge on any atom is 0.227 e. The molecule has 1 atom stereocenters. The van der Waals surface area contributed by atoms with Crippen molar-refractivity contribution in [2.75, 3.05) is 11.9 Å². The number of likely N-dealkylation sites (N-methyl/N-ethyl adjacent to an activating group) is 1. The van der Waals surface area contributed by atoms with Gasteiger partial charge in [-0.1, -0.05) is 18.2 Å². The molecule has 3 heterocycles. The average molecular weight is 319 g/mol. The van der Waals surface area contributed by atoms with Crippen LogP contribution in [0.15, 0.2) is 53.2 Å². The first kappa shape index (κ1) is 14.8. The highest BCUT2D eigenvalue weighted by atomic mass is 16.3. The molecule has 1 aromatic carbocycles. The fourth-order valence-corrected chi connectivity index (χ4v) is 3.38. The van der Waals surface area contributed by atoms with Crippen LogP contribution >= 0.6 is 0 Å². The molecule has 0 bridgehead atoms. The summed E-state index contributed by atoms with van der Waals surface area (Å²) in [6.45, 7) is 6.16. The molecule has 0 aliphatic carbocycles. The van der Waals surface area contributed by atoms with Gasteiger partial charge in [-0.3, -0.25) is 0 Å². The van der Waals surface area contributed by atoms with Crippen LogP contribution in [0, 0.1) is 13.8 Å². The Labute approximate surface area is 141 Å². The van der Waals surface area contributed by atoms with Gasteiger partial charge in [0.25, 0.3) is 0 Å². The van der Waals surface area contributed by atoms with Crippen LogP contribution < -0.4 is 4.90 Å². The third-order valence-electron chi connectivity index (χ3n) is 4.61. The number of aryl methyl sites for hydroxylation is 2. The largest absolute Gasteiger partial charge is 0.435 e. The third-order valence-corrected chi connectivity index (χ3v) is 4.61. The first-order valence-corrected chi connectivity index (χ1v) is 8.21. The van der Waals surface area contributed by atoms with Gasteiger partial charge in [0.2, 0.25) is 5.71 Å². The van der Waals surface area contributed by atoms with Crippen molar-refractivity contribution < 1.29 is 4.42 Å². The zero-order chi connectivity index (χ0) is 16.8. The lowest BCUT2D eigenvalue weighted by atomic mass is 10.1. The molecule has 4 rings (SSSR count). The van der Waals surface area contributed by atoms with Crippen LogP contribution in [0.4, 0.5) is 5.69 Å². The third kappa shape index (κ3) is 2.10. The minimum atomic E-state index is 0.155. The summed E-state index contributed by atoms with van der Waals surface area (Å²) in [5, 5.41) is 2.18. The summed E-state index contributed by atoms with van der Waals surface area (Å²) in [7, 11) is 2.08. The summed E-state index contributed by atoms with van der Waals surface area (Å²) >= 11 is 0. The number of fused-ring (bicyclic) bond motifs is 3. The lowest BCUT2D eigenvalue weighted by Crippen LogP contribution is -2.35. The molecule has 122 valence electrons. The number of aromatic nitrogens is 1. The first-order valence-electron chi connectivity index (χ1n) is 8.21. The highest BCUT2D eigenvalue weighted by molar-refractivity contribution is 6.08. The van der Waals surface area contributed by atoms with E-state index in [2.05, 4.69) is 71.5 Å². The lowest BCUT2D eigenvalue weighted by molar-refractivity contribution is 0.415. The highest BCUT2D eigenvalue weighted by Gasteiger charge is 2.27. The SMILES string of the molecule is C/C=C\C1N(C)C=CN1c1c(C)ccc2c1oc1nc(C)ccc12. The predicted octanol–water partition coefficient (Wildman–Crippen LogP) is 4.72. The molecule has 1 aliphatic rings. The molecule has 4 heteroatoms. The zero-order valence-electron chi connectivity index (χ0n) is 14.4. The van der Waals surface area contributed by atoms with Crippen molar-refractivity contribution in [2.24, 2.45) is 0 Å². The molecule has 0 N–H and O–H groups in total. The van der Waals surface area contributed by atoms with Crippen molar-refractivity contribution in [1.82, 2.24) is 9.88 Å². The molecule has 0 amide bonds. The Balaban J connectivity index is 1.99. The average Bonchev–Trinajstić information content (AvgIpc) is 3.08. The van der Waals surface area contributed by atoms with Gasteiger partial charge in [-0.15, -0.1) is 0 Å². The van der Waals surface area contributed by atoms with Gasteiger partial charge < -0.3 is 14.2 Å². The van der Waals surface area contributed by atoms with Crippen molar-refractivity contribution in [2.45, 2.75) is 26.9 Å². The smallest absolute Gasteiger partial charge is 0.227 e. The van der Waals surface area contributed by atoms with Crippen LogP contribution in [0.3, 0.4) is 0 Å². The summed E-state index contributed by atoms with van der Waals surface area (Å²) in [5.74, 6) is 0. The number of rotatable bonds is 2. The van der Waals surface area contributed by atoms with E-state index >= 15 is 0 Å². The Morgan fingerprint density at radius 1 is 1.08 bits per heavy atom. The van der Waals surface area contributed by atoms with Crippen LogP contribution in [0.1, 0.15) is 18.2 Å². The molecule has 0 radical (unpaired) electrons. The van der Waals surface area contributed by atoms with Crippen molar-refractivity contribution in [3.05, 3.63) is 60.1 Å². The van der Waals surface area contributed by atoms with Crippen LogP contribution in [-0.4, -0.2) is 23.1 Å². The van der Waals surface area contributed by atoms with Gasteiger partial charge >= 0.3 is 0 Å². The van der Waals surface area contributed by atoms with Crippen LogP contribution in [0.5, 0.6) is 0 Å². The molecule has 2 aromatic heterocycles. The van der Waals surface area contributed by atoms with Gasteiger partial charge in [0, 0.05) is 35.9 Å². The fourth-order valence-electron chi connectivity index (χ4n) is 3.38. The predicted molar refractivity (Wildman–Crippen MR) is 99.0 cm³/mol. The molecule has 0 saturated carbocycles. The van der Waals surface area contributed by atoms with Gasteiger partial charge in [-0.2, -0.15) is 0 Å². The van der Waals surface area contributed by atoms with E-state index in [4.69, 9.17) is 4.42 Å². The Morgan fingerprint density at radius 2 is 1.88 bits per heavy atom. The van der Waals surface area contributed by atoms with Crippen molar-refractivity contribution >= 4 is 27.8 Å². The van der Waals surface area contributed by atoms with Crippen molar-refractivity contribution in [3.8, 4) is 0 Å². The second kappa shape index (κ2) is 5.41. The van der Waals surface area contributed by atoms with Crippen LogP contribution in [0.25, 0.3) is 22.1 Å². The van der Waals surface area contributed by atoms with Crippen LogP contribution in [0.2, 0.25) is 0 Å². The first-order chi connectivity index (χ1) is 11.6. The number of hydrogen-bond donors (Lipinski definition) is 0. The fraction of sp³-hybridized carbons (Fsp3) is 0.250. The van der Waals surface area contributed by atoms with E-state index in [0.717, 1.165) is 27.7 Å². The maximum atomic E-state index is 6.19. The van der Waals surface area contributed by atoms with E-state index < -0.39 is 0 Å². The Kier molecular flexibility index (Phi) is 3.34. The Morgan fingerprint density at radius 3 is 2.67 bits per heavy atom. The number of nitrogens with zero attached hydrogens (tertiary/aromatic N) is 3. The summed E-state index contributed by atoms with van der Waals surface area (Å²) in [5.41, 5.74) is 4.86. The summed E-state index contributed by atoms with van der Waals surface area (Å²) in [6.07, 6.45) is 8.62. The van der Waals surface area contributed by atoms with Crippen molar-refractivity contribution in [3.63, 3.8) is 0 Å². The molecule has 24 heavy (non-hydrogen) atoms. The minimum Gasteiger partial charge on any atom is -0.435 e. The van der Waals surface area contributed by atoms with E-state index in [1.807, 2.05) is 19.9 Å². The summed E-state index contributed by atoms with van der Waals surface area (Å²) < 4.78 is 6.19. The molecule has 1 aliphatic heterocycles. The van der Waals surface area contributed by atoms with E-state index in [0.29, 0.717) is 5.71 Å². The van der Waals surface area contributed by atoms with Crippen LogP contribution in [-0.2, 0) is 0 Å². The van der Waals surface area contributed by atoms with Gasteiger partial charge in [0.15, 0.2) is 5.58 Å². The minimum absolute atomic E-state index is 0.155. The molecule has 1 unspecified atom stereocenters. The van der Waals surface area contributed by atoms with E-state index in [-0.39, 0.29) is 6.17 Å². The number of pyridine rings is 1. The Hall–Kier alpha value is -2.75. The number of benzene rings is 1. The lowest BCUT2D eigenvalue weighted by Gasteiger charge is -2.29. The molecule has 0 saturated heterocycles. The zero-order valence-corrected chi connectivity index (χ0v) is 14.4. The monoisotopic (exact) mass is 319 g/mol. The number of furan rings is 1. The topological polar surface area (TPSA) is 32.5 Å². The Bertz CT molecular complexity index is 983. The maximum absolute atomic E-state index is 6.19. The quantitative estimate of drug-likeness (QED) is 0.640. The van der Waals surface area contributed by atoms with Gasteiger partial charge in [0.1, 0.15) is 6.17 Å². The summed E-state index contributed by atoms with van der Waals surface area (Å²) in [6, 6.07) is 8.41. The van der Waals surface area contributed by atoms with Gasteiger partial charge in [0.05, 0.1) is 5.69 Å². The van der Waals surface area contributed by atoms with Gasteiger partial charge in [-0.05, 0) is 44.5 Å². The van der Waals surface area contributed by atoms with E-state index in [9.17, 15) is 0 Å². The molecular formula is C20H21N3O. The van der Waals surface area contributed by atoms with E-state index in [1.165, 1.54) is 5.56 Å². The molecule has 0 spiro atoms. The normalized spacial score (nSPS) is 17.9. The second-order valence-electron chi connectivity index (χ2n) is 6.33. The number of anilines is 1. The van der Waals surface area contributed by atoms with E-state index in [1.54, 1.807) is 0 Å². The highest BCUT2D eigenvalue weighted by Crippen LogP contribution is 2.39. The second-order valence-corrected chi connectivity index (χ2v) is 6.33. The number of allylic oxidation sites excluding steroid dienone is 1. The standard InChI is InChI=1S/C20H21N3O/c1-5-6-17-22(4)11-12-23(17)18-13(2)7-9-15-16-10-8-14(3)21-20(16)24-19(15)18/h5-12,17H,1-4H3/b6-5-. The van der Waals surface area contributed by atoms with Gasteiger partial charge in [-0.25, -0.2) is 4.98 Å².